The molecule has 1 heterocycles. The van der Waals surface area contributed by atoms with Crippen molar-refractivity contribution >= 4 is 11.0 Å². The summed E-state index contributed by atoms with van der Waals surface area (Å²) in [6.45, 7) is 2.82. The highest BCUT2D eigenvalue weighted by Crippen LogP contribution is 2.16. The maximum Gasteiger partial charge on any atom is 0.192 e. The summed E-state index contributed by atoms with van der Waals surface area (Å²) in [5, 5.41) is 0.622. The molecule has 0 bridgehead atoms. The van der Waals surface area contributed by atoms with Crippen molar-refractivity contribution in [2.24, 2.45) is 0 Å². The number of ether oxygens (including phenoxy) is 2. The summed E-state index contributed by atoms with van der Waals surface area (Å²) in [4.78, 5) is 12.1. The molecule has 0 aliphatic heterocycles. The Morgan fingerprint density at radius 3 is 2.58 bits per heavy atom. The largest absolute Gasteiger partial charge is 0.468 e. The molecule has 3 rings (SSSR count). The van der Waals surface area contributed by atoms with Gasteiger partial charge < -0.3 is 13.9 Å². The number of para-hydroxylation sites is 1. The van der Waals surface area contributed by atoms with Gasteiger partial charge in [0.2, 0.25) is 0 Å². The molecule has 0 atom stereocenters. The number of aryl methyl sites for hydroxylation is 2. The zero-order valence-corrected chi connectivity index (χ0v) is 13.7. The van der Waals surface area contributed by atoms with Crippen molar-refractivity contribution in [2.75, 3.05) is 13.4 Å². The van der Waals surface area contributed by atoms with Crippen molar-refractivity contribution in [3.8, 4) is 5.75 Å². The second-order valence-electron chi connectivity index (χ2n) is 5.47. The van der Waals surface area contributed by atoms with Gasteiger partial charge in [0, 0.05) is 19.1 Å². The average Bonchev–Trinajstić information content (AvgIpc) is 2.61. The quantitative estimate of drug-likeness (QED) is 0.488. The van der Waals surface area contributed by atoms with Gasteiger partial charge in [-0.15, -0.1) is 0 Å². The van der Waals surface area contributed by atoms with Crippen LogP contribution >= 0.6 is 0 Å². The average molecular weight is 324 g/mol. The fraction of sp³-hybridized carbons (Fsp3) is 0.250. The molecule has 0 unspecified atom stereocenters. The predicted molar refractivity (Wildman–Crippen MR) is 93.5 cm³/mol. The van der Waals surface area contributed by atoms with Crippen LogP contribution in [-0.4, -0.2) is 13.4 Å². The molecule has 3 aromatic rings. The van der Waals surface area contributed by atoms with Crippen LogP contribution in [0.3, 0.4) is 0 Å². The van der Waals surface area contributed by atoms with E-state index in [2.05, 4.69) is 0 Å². The van der Waals surface area contributed by atoms with E-state index in [-0.39, 0.29) is 12.2 Å². The minimum atomic E-state index is 0.00604. The standard InChI is InChI=1S/C20H20O4/c1-2-22-14-23-16-10-7-15(8-11-16)9-12-17-13-19(21)18-5-3-4-6-20(18)24-17/h3-8,10-11,13H,2,9,12,14H2,1H3. The summed E-state index contributed by atoms with van der Waals surface area (Å²) in [5.41, 5.74) is 1.81. The molecule has 0 radical (unpaired) electrons. The first-order valence-corrected chi connectivity index (χ1v) is 8.07. The van der Waals surface area contributed by atoms with Crippen molar-refractivity contribution in [1.29, 1.82) is 0 Å². The van der Waals surface area contributed by atoms with Gasteiger partial charge in [0.25, 0.3) is 0 Å². The first kappa shape index (κ1) is 16.3. The Morgan fingerprint density at radius 1 is 1.00 bits per heavy atom. The van der Waals surface area contributed by atoms with E-state index in [1.165, 1.54) is 0 Å². The summed E-state index contributed by atoms with van der Waals surface area (Å²) in [6.07, 6.45) is 1.48. The van der Waals surface area contributed by atoms with Gasteiger partial charge in [-0.1, -0.05) is 24.3 Å². The second kappa shape index (κ2) is 7.79. The Kier molecular flexibility index (Phi) is 5.29. The van der Waals surface area contributed by atoms with E-state index in [9.17, 15) is 4.79 Å². The van der Waals surface area contributed by atoms with Crippen molar-refractivity contribution in [1.82, 2.24) is 0 Å². The van der Waals surface area contributed by atoms with E-state index in [0.29, 0.717) is 29.8 Å². The van der Waals surface area contributed by atoms with Crippen LogP contribution in [0.5, 0.6) is 5.75 Å². The maximum absolute atomic E-state index is 12.1. The lowest BCUT2D eigenvalue weighted by Crippen LogP contribution is -2.03. The molecule has 1 aromatic heterocycles. The van der Waals surface area contributed by atoms with Crippen molar-refractivity contribution in [3.05, 3.63) is 76.1 Å². The lowest BCUT2D eigenvalue weighted by Gasteiger charge is -2.07. The molecule has 0 saturated carbocycles. The summed E-state index contributed by atoms with van der Waals surface area (Å²) in [6, 6.07) is 16.8. The number of hydrogen-bond donors (Lipinski definition) is 0. The number of rotatable bonds is 7. The van der Waals surface area contributed by atoms with Gasteiger partial charge in [-0.05, 0) is 43.2 Å². The molecule has 0 aliphatic rings. The second-order valence-corrected chi connectivity index (χ2v) is 5.47. The van der Waals surface area contributed by atoms with Crippen molar-refractivity contribution in [2.45, 2.75) is 19.8 Å². The Morgan fingerprint density at radius 2 is 1.79 bits per heavy atom. The third-order valence-electron chi connectivity index (χ3n) is 3.78. The van der Waals surface area contributed by atoms with Crippen LogP contribution in [0.4, 0.5) is 0 Å². The van der Waals surface area contributed by atoms with Gasteiger partial charge in [0.1, 0.15) is 17.1 Å². The lowest BCUT2D eigenvalue weighted by molar-refractivity contribution is 0.0224. The zero-order valence-electron chi connectivity index (χ0n) is 13.7. The van der Waals surface area contributed by atoms with Gasteiger partial charge in [-0.25, -0.2) is 0 Å². The lowest BCUT2D eigenvalue weighted by atomic mass is 10.1. The maximum atomic E-state index is 12.1. The fourth-order valence-electron chi connectivity index (χ4n) is 2.49. The van der Waals surface area contributed by atoms with Crippen LogP contribution in [-0.2, 0) is 17.6 Å². The highest BCUT2D eigenvalue weighted by atomic mass is 16.7. The third-order valence-corrected chi connectivity index (χ3v) is 3.78. The van der Waals surface area contributed by atoms with E-state index in [0.717, 1.165) is 17.7 Å². The summed E-state index contributed by atoms with van der Waals surface area (Å²) < 4.78 is 16.4. The molecule has 0 saturated heterocycles. The molecule has 24 heavy (non-hydrogen) atoms. The summed E-state index contributed by atoms with van der Waals surface area (Å²) >= 11 is 0. The van der Waals surface area contributed by atoms with Gasteiger partial charge in [-0.2, -0.15) is 0 Å². The Balaban J connectivity index is 1.64. The van der Waals surface area contributed by atoms with E-state index in [4.69, 9.17) is 13.9 Å². The summed E-state index contributed by atoms with van der Waals surface area (Å²) in [5.74, 6) is 1.49. The molecule has 0 spiro atoms. The Hall–Kier alpha value is -2.59. The number of benzene rings is 2. The highest BCUT2D eigenvalue weighted by molar-refractivity contribution is 5.76. The Labute approximate surface area is 140 Å². The van der Waals surface area contributed by atoms with Gasteiger partial charge in [0.05, 0.1) is 5.39 Å². The zero-order chi connectivity index (χ0) is 16.8. The molecular weight excluding hydrogens is 304 g/mol. The van der Waals surface area contributed by atoms with Gasteiger partial charge in [0.15, 0.2) is 12.2 Å². The van der Waals surface area contributed by atoms with Crippen LogP contribution in [0.2, 0.25) is 0 Å². The predicted octanol–water partition coefficient (Wildman–Crippen LogP) is 3.95. The SMILES string of the molecule is CCOCOc1ccc(CCc2cc(=O)c3ccccc3o2)cc1. The molecule has 4 nitrogen and oxygen atoms in total. The van der Waals surface area contributed by atoms with Crippen LogP contribution in [0, 0.1) is 0 Å². The number of fused-ring (bicyclic) bond motifs is 1. The molecule has 0 amide bonds. The molecule has 2 aromatic carbocycles. The molecule has 0 N–H and O–H groups in total. The van der Waals surface area contributed by atoms with E-state index >= 15 is 0 Å². The van der Waals surface area contributed by atoms with Crippen LogP contribution in [0.15, 0.2) is 63.8 Å². The molecule has 0 fully saturated rings. The van der Waals surface area contributed by atoms with Crippen molar-refractivity contribution in [3.63, 3.8) is 0 Å². The van der Waals surface area contributed by atoms with E-state index in [1.54, 1.807) is 12.1 Å². The highest BCUT2D eigenvalue weighted by Gasteiger charge is 2.05. The van der Waals surface area contributed by atoms with Crippen LogP contribution < -0.4 is 10.2 Å². The molecular formula is C20H20O4. The first-order valence-electron chi connectivity index (χ1n) is 8.07. The van der Waals surface area contributed by atoms with Crippen LogP contribution in [0.1, 0.15) is 18.2 Å². The Bertz CT molecular complexity index is 849. The van der Waals surface area contributed by atoms with E-state index in [1.807, 2.05) is 49.4 Å². The third kappa shape index (κ3) is 4.03. The summed E-state index contributed by atoms with van der Waals surface area (Å²) in [7, 11) is 0. The minimum absolute atomic E-state index is 0.00604. The van der Waals surface area contributed by atoms with Gasteiger partial charge in [-0.3, -0.25) is 4.79 Å². The monoisotopic (exact) mass is 324 g/mol. The van der Waals surface area contributed by atoms with Crippen molar-refractivity contribution < 1.29 is 13.9 Å². The minimum Gasteiger partial charge on any atom is -0.468 e. The fourth-order valence-corrected chi connectivity index (χ4v) is 2.49. The normalized spacial score (nSPS) is 10.9. The number of hydrogen-bond acceptors (Lipinski definition) is 4. The topological polar surface area (TPSA) is 48.7 Å². The van der Waals surface area contributed by atoms with Gasteiger partial charge >= 0.3 is 0 Å². The first-order chi connectivity index (χ1) is 11.8. The molecule has 0 aliphatic carbocycles. The molecule has 124 valence electrons. The van der Waals surface area contributed by atoms with Crippen LogP contribution in [0.25, 0.3) is 11.0 Å². The van der Waals surface area contributed by atoms with E-state index < -0.39 is 0 Å². The smallest absolute Gasteiger partial charge is 0.192 e. The molecule has 4 heteroatoms.